The first-order valence-electron chi connectivity index (χ1n) is 6.21. The highest BCUT2D eigenvalue weighted by Gasteiger charge is 2.23. The zero-order valence-electron chi connectivity index (χ0n) is 10.3. The van der Waals surface area contributed by atoms with Crippen LogP contribution in [-0.4, -0.2) is 31.8 Å². The molecule has 19 heavy (non-hydrogen) atoms. The van der Waals surface area contributed by atoms with Crippen LogP contribution in [0.5, 0.6) is 0 Å². The number of benzene rings is 1. The molecule has 98 valence electrons. The summed E-state index contributed by atoms with van der Waals surface area (Å²) >= 11 is 0. The van der Waals surface area contributed by atoms with Crippen LogP contribution in [-0.2, 0) is 24.1 Å². The van der Waals surface area contributed by atoms with Gasteiger partial charge in [-0.15, -0.1) is 0 Å². The van der Waals surface area contributed by atoms with Crippen LogP contribution in [0.2, 0.25) is 0 Å². The van der Waals surface area contributed by atoms with Gasteiger partial charge in [-0.25, -0.2) is 9.78 Å². The molecule has 1 aromatic heterocycles. The number of rotatable bonds is 3. The SMILES string of the molecule is O=C(O)C(O)Cc1ncn2c1CCc1ccccc1-2. The summed E-state index contributed by atoms with van der Waals surface area (Å²) in [5.74, 6) is -1.21. The van der Waals surface area contributed by atoms with Crippen molar-refractivity contribution < 1.29 is 15.0 Å². The van der Waals surface area contributed by atoms with Gasteiger partial charge in [0.25, 0.3) is 0 Å². The highest BCUT2D eigenvalue weighted by atomic mass is 16.4. The molecule has 0 saturated heterocycles. The summed E-state index contributed by atoms with van der Waals surface area (Å²) in [4.78, 5) is 15.0. The lowest BCUT2D eigenvalue weighted by Gasteiger charge is -2.19. The maximum Gasteiger partial charge on any atom is 0.332 e. The predicted molar refractivity (Wildman–Crippen MR) is 68.3 cm³/mol. The number of aliphatic hydroxyl groups excluding tert-OH is 1. The number of aliphatic hydroxyl groups is 1. The second-order valence-corrected chi connectivity index (χ2v) is 4.69. The molecule has 1 aliphatic rings. The molecule has 2 heterocycles. The molecule has 2 aromatic rings. The van der Waals surface area contributed by atoms with E-state index in [9.17, 15) is 9.90 Å². The second-order valence-electron chi connectivity index (χ2n) is 4.69. The number of carboxylic acids is 1. The van der Waals surface area contributed by atoms with E-state index in [2.05, 4.69) is 11.1 Å². The average Bonchev–Trinajstić information content (AvgIpc) is 2.82. The number of imidazole rings is 1. The third kappa shape index (κ3) is 2.02. The van der Waals surface area contributed by atoms with E-state index >= 15 is 0 Å². The minimum atomic E-state index is -1.39. The second kappa shape index (κ2) is 4.51. The third-order valence-corrected chi connectivity index (χ3v) is 3.51. The summed E-state index contributed by atoms with van der Waals surface area (Å²) in [6.07, 6.45) is 2.10. The fourth-order valence-corrected chi connectivity index (χ4v) is 2.53. The Bertz CT molecular complexity index is 633. The van der Waals surface area contributed by atoms with Crippen LogP contribution in [0.15, 0.2) is 30.6 Å². The van der Waals surface area contributed by atoms with Crippen LogP contribution in [0.25, 0.3) is 5.69 Å². The number of fused-ring (bicyclic) bond motifs is 3. The number of para-hydroxylation sites is 1. The van der Waals surface area contributed by atoms with Gasteiger partial charge in [0.05, 0.1) is 12.0 Å². The highest BCUT2D eigenvalue weighted by Crippen LogP contribution is 2.26. The number of aromatic nitrogens is 2. The van der Waals surface area contributed by atoms with E-state index in [4.69, 9.17) is 5.11 Å². The van der Waals surface area contributed by atoms with Gasteiger partial charge in [-0.3, -0.25) is 0 Å². The molecule has 1 aromatic carbocycles. The van der Waals surface area contributed by atoms with E-state index < -0.39 is 12.1 Å². The molecular weight excluding hydrogens is 244 g/mol. The summed E-state index contributed by atoms with van der Waals surface area (Å²) in [5, 5.41) is 18.2. The molecular formula is C14H14N2O3. The largest absolute Gasteiger partial charge is 0.479 e. The van der Waals surface area contributed by atoms with Crippen molar-refractivity contribution in [3.63, 3.8) is 0 Å². The molecule has 1 atom stereocenters. The molecule has 0 spiro atoms. The van der Waals surface area contributed by atoms with Gasteiger partial charge in [-0.05, 0) is 24.5 Å². The first kappa shape index (κ1) is 11.9. The van der Waals surface area contributed by atoms with Crippen molar-refractivity contribution in [2.45, 2.75) is 25.4 Å². The topological polar surface area (TPSA) is 75.3 Å². The van der Waals surface area contributed by atoms with E-state index in [1.165, 1.54) is 5.56 Å². The van der Waals surface area contributed by atoms with Crippen molar-refractivity contribution in [1.29, 1.82) is 0 Å². The number of carbonyl (C=O) groups is 1. The van der Waals surface area contributed by atoms with Crippen LogP contribution >= 0.6 is 0 Å². The van der Waals surface area contributed by atoms with Gasteiger partial charge in [0.2, 0.25) is 0 Å². The number of aliphatic carboxylic acids is 1. The van der Waals surface area contributed by atoms with E-state index in [0.717, 1.165) is 24.2 Å². The van der Waals surface area contributed by atoms with Gasteiger partial charge in [-0.2, -0.15) is 0 Å². The summed E-state index contributed by atoms with van der Waals surface area (Å²) in [6.45, 7) is 0. The Morgan fingerprint density at radius 3 is 2.95 bits per heavy atom. The van der Waals surface area contributed by atoms with Crippen LogP contribution in [0.4, 0.5) is 0 Å². The molecule has 0 fully saturated rings. The molecule has 5 heteroatoms. The van der Waals surface area contributed by atoms with Gasteiger partial charge in [0, 0.05) is 17.8 Å². The number of nitrogens with zero attached hydrogens (tertiary/aromatic N) is 2. The molecule has 0 saturated carbocycles. The van der Waals surface area contributed by atoms with Crippen molar-refractivity contribution in [1.82, 2.24) is 9.55 Å². The van der Waals surface area contributed by atoms with E-state index in [1.807, 2.05) is 22.8 Å². The Labute approximate surface area is 110 Å². The molecule has 3 rings (SSSR count). The van der Waals surface area contributed by atoms with Crippen LogP contribution < -0.4 is 0 Å². The normalized spacial score (nSPS) is 14.6. The van der Waals surface area contributed by atoms with Gasteiger partial charge in [-0.1, -0.05) is 18.2 Å². The van der Waals surface area contributed by atoms with E-state index in [-0.39, 0.29) is 6.42 Å². The Morgan fingerprint density at radius 2 is 2.16 bits per heavy atom. The molecule has 5 nitrogen and oxygen atoms in total. The van der Waals surface area contributed by atoms with E-state index in [0.29, 0.717) is 5.69 Å². The maximum atomic E-state index is 10.7. The minimum absolute atomic E-state index is 0.0554. The van der Waals surface area contributed by atoms with Crippen molar-refractivity contribution in [2.24, 2.45) is 0 Å². The number of hydrogen-bond acceptors (Lipinski definition) is 3. The summed E-state index contributed by atoms with van der Waals surface area (Å²) in [7, 11) is 0. The van der Waals surface area contributed by atoms with Gasteiger partial charge in [0.15, 0.2) is 6.10 Å². The number of carboxylic acid groups (broad SMARTS) is 1. The summed E-state index contributed by atoms with van der Waals surface area (Å²) in [5.41, 5.74) is 4.02. The van der Waals surface area contributed by atoms with Gasteiger partial charge >= 0.3 is 5.97 Å². The zero-order chi connectivity index (χ0) is 13.4. The lowest BCUT2D eigenvalue weighted by atomic mass is 9.99. The van der Waals surface area contributed by atoms with Crippen LogP contribution in [0, 0.1) is 0 Å². The Balaban J connectivity index is 1.97. The lowest BCUT2D eigenvalue weighted by molar-refractivity contribution is -0.146. The smallest absolute Gasteiger partial charge is 0.332 e. The molecule has 1 aliphatic heterocycles. The molecule has 2 N–H and O–H groups in total. The van der Waals surface area contributed by atoms with Crippen molar-refractivity contribution in [3.05, 3.63) is 47.5 Å². The number of hydrogen-bond donors (Lipinski definition) is 2. The zero-order valence-corrected chi connectivity index (χ0v) is 10.3. The van der Waals surface area contributed by atoms with Gasteiger partial charge < -0.3 is 14.8 Å². The Morgan fingerprint density at radius 1 is 1.37 bits per heavy atom. The van der Waals surface area contributed by atoms with Crippen molar-refractivity contribution >= 4 is 5.97 Å². The summed E-state index contributed by atoms with van der Waals surface area (Å²) in [6, 6.07) is 8.09. The van der Waals surface area contributed by atoms with Gasteiger partial charge in [0.1, 0.15) is 0 Å². The Kier molecular flexibility index (Phi) is 2.83. The lowest BCUT2D eigenvalue weighted by Crippen LogP contribution is -2.23. The molecule has 0 bridgehead atoms. The first-order valence-corrected chi connectivity index (χ1v) is 6.21. The highest BCUT2D eigenvalue weighted by molar-refractivity contribution is 5.72. The maximum absolute atomic E-state index is 10.7. The molecule has 1 unspecified atom stereocenters. The monoisotopic (exact) mass is 258 g/mol. The predicted octanol–water partition coefficient (Wildman–Crippen LogP) is 0.959. The average molecular weight is 258 g/mol. The van der Waals surface area contributed by atoms with Crippen molar-refractivity contribution in [3.8, 4) is 5.69 Å². The van der Waals surface area contributed by atoms with Crippen LogP contribution in [0.1, 0.15) is 17.0 Å². The molecule has 0 aliphatic carbocycles. The molecule has 0 amide bonds. The fraction of sp³-hybridized carbons (Fsp3) is 0.286. The molecule has 0 radical (unpaired) electrons. The Hall–Kier alpha value is -2.14. The fourth-order valence-electron chi connectivity index (χ4n) is 2.53. The minimum Gasteiger partial charge on any atom is -0.479 e. The van der Waals surface area contributed by atoms with Crippen molar-refractivity contribution in [2.75, 3.05) is 0 Å². The standard InChI is InChI=1S/C14H14N2O3/c17-13(14(18)19)7-10-12-6-5-9-3-1-2-4-11(9)16(12)8-15-10/h1-4,8,13,17H,5-7H2,(H,18,19). The van der Waals surface area contributed by atoms with E-state index in [1.54, 1.807) is 6.33 Å². The first-order chi connectivity index (χ1) is 9.16. The third-order valence-electron chi connectivity index (χ3n) is 3.51. The summed E-state index contributed by atoms with van der Waals surface area (Å²) < 4.78 is 1.99. The van der Waals surface area contributed by atoms with Crippen LogP contribution in [0.3, 0.4) is 0 Å². The quantitative estimate of drug-likeness (QED) is 0.859. The number of aryl methyl sites for hydroxylation is 1.